The monoisotopic (exact) mass is 278 g/mol. The molecule has 2 fully saturated rings. The van der Waals surface area contributed by atoms with E-state index in [1.807, 2.05) is 0 Å². The summed E-state index contributed by atoms with van der Waals surface area (Å²) in [5.74, 6) is 0.407. The van der Waals surface area contributed by atoms with E-state index in [9.17, 15) is 9.59 Å². The standard InChI is InChI=1S/2C8H13NO/c2*1-2-7-5-3-4-6-9-8(7)10/h2*2,7H,1,3-6H2,(H,9,10). The average molecular weight is 278 g/mol. The molecule has 2 heterocycles. The van der Waals surface area contributed by atoms with Crippen LogP contribution >= 0.6 is 0 Å². The van der Waals surface area contributed by atoms with Gasteiger partial charge in [0.25, 0.3) is 0 Å². The van der Waals surface area contributed by atoms with E-state index in [0.29, 0.717) is 0 Å². The predicted octanol–water partition coefficient (Wildman–Crippen LogP) is 2.18. The highest BCUT2D eigenvalue weighted by Gasteiger charge is 2.16. The second-order valence-electron chi connectivity index (χ2n) is 5.26. The Hall–Kier alpha value is -1.58. The van der Waals surface area contributed by atoms with Crippen LogP contribution in [0.25, 0.3) is 0 Å². The lowest BCUT2D eigenvalue weighted by atomic mass is 10.0. The molecule has 2 N–H and O–H groups in total. The van der Waals surface area contributed by atoms with E-state index in [4.69, 9.17) is 0 Å². The van der Waals surface area contributed by atoms with E-state index in [2.05, 4.69) is 23.8 Å². The molecule has 2 unspecified atom stereocenters. The number of carbonyl (C=O) groups excluding carboxylic acids is 2. The normalized spacial score (nSPS) is 26.8. The van der Waals surface area contributed by atoms with Crippen LogP contribution in [0.3, 0.4) is 0 Å². The van der Waals surface area contributed by atoms with Crippen molar-refractivity contribution in [3.8, 4) is 0 Å². The molecule has 0 aromatic rings. The van der Waals surface area contributed by atoms with Gasteiger partial charge in [0.1, 0.15) is 0 Å². The molecule has 0 aromatic carbocycles. The highest BCUT2D eigenvalue weighted by atomic mass is 16.2. The zero-order chi connectivity index (χ0) is 14.8. The van der Waals surface area contributed by atoms with Crippen LogP contribution in [0, 0.1) is 11.8 Å². The van der Waals surface area contributed by atoms with Gasteiger partial charge in [-0.15, -0.1) is 13.2 Å². The molecule has 0 spiro atoms. The number of amides is 2. The molecule has 2 saturated heterocycles. The van der Waals surface area contributed by atoms with Crippen LogP contribution in [-0.4, -0.2) is 24.9 Å². The van der Waals surface area contributed by atoms with Crippen molar-refractivity contribution in [2.45, 2.75) is 38.5 Å². The van der Waals surface area contributed by atoms with E-state index >= 15 is 0 Å². The van der Waals surface area contributed by atoms with Crippen molar-refractivity contribution in [2.75, 3.05) is 13.1 Å². The van der Waals surface area contributed by atoms with Crippen LogP contribution in [0.2, 0.25) is 0 Å². The molecular formula is C16H26N2O2. The first kappa shape index (κ1) is 16.5. The maximum absolute atomic E-state index is 11.1. The smallest absolute Gasteiger partial charge is 0.226 e. The van der Waals surface area contributed by atoms with Gasteiger partial charge >= 0.3 is 0 Å². The quantitative estimate of drug-likeness (QED) is 0.761. The van der Waals surface area contributed by atoms with Crippen LogP contribution in [0.4, 0.5) is 0 Å². The number of hydrogen-bond acceptors (Lipinski definition) is 2. The first-order chi connectivity index (χ1) is 9.69. The highest BCUT2D eigenvalue weighted by Crippen LogP contribution is 2.13. The highest BCUT2D eigenvalue weighted by molar-refractivity contribution is 5.80. The van der Waals surface area contributed by atoms with E-state index in [0.717, 1.165) is 51.6 Å². The Morgan fingerprint density at radius 1 is 0.800 bits per heavy atom. The Bertz CT molecular complexity index is 318. The van der Waals surface area contributed by atoms with Gasteiger partial charge in [0, 0.05) is 13.1 Å². The van der Waals surface area contributed by atoms with Crippen LogP contribution in [0.1, 0.15) is 38.5 Å². The van der Waals surface area contributed by atoms with E-state index in [1.54, 1.807) is 12.2 Å². The summed E-state index contributed by atoms with van der Waals surface area (Å²) in [5, 5.41) is 5.67. The third kappa shape index (κ3) is 5.59. The number of nitrogens with one attached hydrogen (secondary N) is 2. The second kappa shape index (κ2) is 9.34. The van der Waals surface area contributed by atoms with Crippen molar-refractivity contribution in [1.29, 1.82) is 0 Å². The summed E-state index contributed by atoms with van der Waals surface area (Å²) in [7, 11) is 0. The number of carbonyl (C=O) groups is 2. The Morgan fingerprint density at radius 2 is 1.20 bits per heavy atom. The third-order valence-electron chi connectivity index (χ3n) is 3.72. The summed E-state index contributed by atoms with van der Waals surface area (Å²) in [6.07, 6.45) is 9.89. The number of rotatable bonds is 2. The fraction of sp³-hybridized carbons (Fsp3) is 0.625. The van der Waals surface area contributed by atoms with Crippen molar-refractivity contribution in [2.24, 2.45) is 11.8 Å². The Labute approximate surface area is 121 Å². The lowest BCUT2D eigenvalue weighted by Gasteiger charge is -2.05. The van der Waals surface area contributed by atoms with Gasteiger partial charge in [-0.3, -0.25) is 9.59 Å². The topological polar surface area (TPSA) is 58.2 Å². The summed E-state index contributed by atoms with van der Waals surface area (Å²) in [6, 6.07) is 0. The van der Waals surface area contributed by atoms with Crippen LogP contribution in [0.15, 0.2) is 25.3 Å². The molecule has 0 aromatic heterocycles. The van der Waals surface area contributed by atoms with Crippen LogP contribution in [-0.2, 0) is 9.59 Å². The van der Waals surface area contributed by atoms with Crippen molar-refractivity contribution >= 4 is 11.8 Å². The molecule has 4 nitrogen and oxygen atoms in total. The van der Waals surface area contributed by atoms with E-state index in [-0.39, 0.29) is 23.7 Å². The molecule has 20 heavy (non-hydrogen) atoms. The fourth-order valence-corrected chi connectivity index (χ4v) is 2.38. The zero-order valence-corrected chi connectivity index (χ0v) is 12.2. The Balaban J connectivity index is 0.000000200. The molecule has 112 valence electrons. The van der Waals surface area contributed by atoms with E-state index < -0.39 is 0 Å². The average Bonchev–Trinajstić information content (AvgIpc) is 2.79. The van der Waals surface area contributed by atoms with Crippen LogP contribution in [0.5, 0.6) is 0 Å². The fourth-order valence-electron chi connectivity index (χ4n) is 2.38. The maximum Gasteiger partial charge on any atom is 0.226 e. The summed E-state index contributed by atoms with van der Waals surface area (Å²) in [5.41, 5.74) is 0. The molecule has 2 aliphatic rings. The van der Waals surface area contributed by atoms with Crippen molar-refractivity contribution < 1.29 is 9.59 Å². The molecule has 0 saturated carbocycles. The van der Waals surface area contributed by atoms with Gasteiger partial charge in [-0.2, -0.15) is 0 Å². The molecular weight excluding hydrogens is 252 g/mol. The summed E-state index contributed by atoms with van der Waals surface area (Å²) >= 11 is 0. The molecule has 2 amide bonds. The van der Waals surface area contributed by atoms with Gasteiger partial charge in [-0.1, -0.05) is 25.0 Å². The first-order valence-electron chi connectivity index (χ1n) is 7.49. The minimum atomic E-state index is 0.0579. The summed E-state index contributed by atoms with van der Waals surface area (Å²) < 4.78 is 0. The van der Waals surface area contributed by atoms with Gasteiger partial charge in [-0.05, 0) is 25.7 Å². The SMILES string of the molecule is C=CC1CCCCNC1=O.C=CC1CCCCNC1=O. The lowest BCUT2D eigenvalue weighted by molar-refractivity contribution is -0.124. The minimum absolute atomic E-state index is 0.0579. The van der Waals surface area contributed by atoms with Crippen molar-refractivity contribution in [1.82, 2.24) is 10.6 Å². The van der Waals surface area contributed by atoms with Gasteiger partial charge < -0.3 is 10.6 Å². The van der Waals surface area contributed by atoms with Crippen molar-refractivity contribution in [3.63, 3.8) is 0 Å². The summed E-state index contributed by atoms with van der Waals surface area (Å²) in [6.45, 7) is 8.90. The Kier molecular flexibility index (Phi) is 7.70. The molecule has 2 rings (SSSR count). The molecule has 2 atom stereocenters. The van der Waals surface area contributed by atoms with Gasteiger partial charge in [-0.25, -0.2) is 0 Å². The largest absolute Gasteiger partial charge is 0.356 e. The molecule has 2 aliphatic heterocycles. The Morgan fingerprint density at radius 3 is 1.55 bits per heavy atom. The molecule has 0 aliphatic carbocycles. The molecule has 4 heteroatoms. The number of hydrogen-bond donors (Lipinski definition) is 2. The minimum Gasteiger partial charge on any atom is -0.356 e. The van der Waals surface area contributed by atoms with Crippen molar-refractivity contribution in [3.05, 3.63) is 25.3 Å². The van der Waals surface area contributed by atoms with E-state index in [1.165, 1.54) is 0 Å². The summed E-state index contributed by atoms with van der Waals surface area (Å²) in [4.78, 5) is 22.1. The first-order valence-corrected chi connectivity index (χ1v) is 7.49. The van der Waals surface area contributed by atoms with Crippen LogP contribution < -0.4 is 10.6 Å². The van der Waals surface area contributed by atoms with Gasteiger partial charge in [0.15, 0.2) is 0 Å². The predicted molar refractivity (Wildman–Crippen MR) is 81.1 cm³/mol. The third-order valence-corrected chi connectivity index (χ3v) is 3.72. The molecule has 0 bridgehead atoms. The van der Waals surface area contributed by atoms with Gasteiger partial charge in [0.2, 0.25) is 11.8 Å². The maximum atomic E-state index is 11.1. The molecule has 0 radical (unpaired) electrons. The zero-order valence-electron chi connectivity index (χ0n) is 12.2. The second-order valence-corrected chi connectivity index (χ2v) is 5.26. The lowest BCUT2D eigenvalue weighted by Crippen LogP contribution is -2.27. The van der Waals surface area contributed by atoms with Gasteiger partial charge in [0.05, 0.1) is 11.8 Å².